The van der Waals surface area contributed by atoms with Gasteiger partial charge in [-0.1, -0.05) is 56.1 Å². The predicted molar refractivity (Wildman–Crippen MR) is 131 cm³/mol. The number of fused-ring (bicyclic) bond motifs is 3. The summed E-state index contributed by atoms with van der Waals surface area (Å²) >= 11 is 1.59. The number of thioether (sulfide) groups is 1. The lowest BCUT2D eigenvalue weighted by atomic mass is 10.1. The smallest absolute Gasteiger partial charge is 0.247 e. The minimum Gasteiger partial charge on any atom is -0.455 e. The molecular weight excluding hydrogens is 451 g/mol. The molecule has 3 heterocycles. The van der Waals surface area contributed by atoms with E-state index in [1.807, 2.05) is 36.4 Å². The van der Waals surface area contributed by atoms with E-state index in [9.17, 15) is 4.39 Å². The van der Waals surface area contributed by atoms with Crippen LogP contribution in [0.2, 0.25) is 0 Å². The third-order valence-corrected chi connectivity index (χ3v) is 6.50. The van der Waals surface area contributed by atoms with E-state index in [1.54, 1.807) is 23.9 Å². The molecule has 0 bridgehead atoms. The molecule has 0 amide bonds. The van der Waals surface area contributed by atoms with E-state index in [2.05, 4.69) is 27.4 Å². The number of halogens is 1. The van der Waals surface area contributed by atoms with Crippen LogP contribution in [-0.2, 0) is 0 Å². The Hall–Kier alpha value is -3.39. The second kappa shape index (κ2) is 10.3. The van der Waals surface area contributed by atoms with Crippen LogP contribution in [0.5, 0.6) is 5.88 Å². The molecule has 1 atom stereocenters. The van der Waals surface area contributed by atoms with Crippen LogP contribution in [0.1, 0.15) is 44.6 Å². The molecule has 4 aromatic rings. The van der Waals surface area contributed by atoms with Gasteiger partial charge in [0.1, 0.15) is 11.6 Å². The average molecular weight is 477 g/mol. The molecule has 0 saturated heterocycles. The molecule has 0 saturated carbocycles. The van der Waals surface area contributed by atoms with Gasteiger partial charge in [0.15, 0.2) is 11.5 Å². The van der Waals surface area contributed by atoms with Crippen molar-refractivity contribution in [3.05, 3.63) is 72.2 Å². The lowest BCUT2D eigenvalue weighted by molar-refractivity contribution is 0.196. The largest absolute Gasteiger partial charge is 0.455 e. The van der Waals surface area contributed by atoms with E-state index in [0.717, 1.165) is 29.0 Å². The first-order chi connectivity index (χ1) is 16.7. The molecule has 0 aliphatic carbocycles. The van der Waals surface area contributed by atoms with Crippen molar-refractivity contribution in [2.45, 2.75) is 44.0 Å². The van der Waals surface area contributed by atoms with Gasteiger partial charge in [-0.3, -0.25) is 0 Å². The summed E-state index contributed by atoms with van der Waals surface area (Å²) in [6.07, 6.45) is 4.15. The van der Waals surface area contributed by atoms with Crippen molar-refractivity contribution in [1.29, 1.82) is 0 Å². The standard InChI is InChI=1S/C26H25FN4O2S/c1-2-3-4-7-16-34-26-29-25-23(30-31-26)19-8-5-6-9-20(19)28-24(33-25)22-15-14-21(32-22)17-10-12-18(27)13-11-17/h5-6,8-15,24,28H,2-4,7,16H2,1H3/t24-/m1/s1. The van der Waals surface area contributed by atoms with Gasteiger partial charge in [-0.15, -0.1) is 10.2 Å². The van der Waals surface area contributed by atoms with Crippen molar-refractivity contribution in [3.8, 4) is 28.5 Å². The Labute approximate surface area is 202 Å². The highest BCUT2D eigenvalue weighted by molar-refractivity contribution is 7.99. The van der Waals surface area contributed by atoms with Crippen molar-refractivity contribution in [2.24, 2.45) is 0 Å². The summed E-state index contributed by atoms with van der Waals surface area (Å²) in [5, 5.41) is 12.8. The number of hydrogen-bond acceptors (Lipinski definition) is 7. The fourth-order valence-corrected chi connectivity index (χ4v) is 4.57. The zero-order chi connectivity index (χ0) is 23.3. The molecule has 0 unspecified atom stereocenters. The lowest BCUT2D eigenvalue weighted by Gasteiger charge is -2.16. The second-order valence-corrected chi connectivity index (χ2v) is 9.12. The molecule has 1 N–H and O–H groups in total. The maximum absolute atomic E-state index is 13.3. The molecule has 0 fully saturated rings. The number of para-hydroxylation sites is 1. The fraction of sp³-hybridized carbons (Fsp3) is 0.269. The van der Waals surface area contributed by atoms with Gasteiger partial charge in [0.05, 0.1) is 0 Å². The van der Waals surface area contributed by atoms with E-state index < -0.39 is 6.23 Å². The van der Waals surface area contributed by atoms with Gasteiger partial charge >= 0.3 is 0 Å². The number of ether oxygens (including phenoxy) is 1. The van der Waals surface area contributed by atoms with Gasteiger partial charge in [0.25, 0.3) is 0 Å². The number of nitrogens with one attached hydrogen (secondary N) is 1. The summed E-state index contributed by atoms with van der Waals surface area (Å²) in [7, 11) is 0. The highest BCUT2D eigenvalue weighted by atomic mass is 32.2. The Balaban J connectivity index is 1.42. The Morgan fingerprint density at radius 2 is 1.82 bits per heavy atom. The van der Waals surface area contributed by atoms with Gasteiger partial charge in [-0.25, -0.2) is 4.39 Å². The molecule has 6 nitrogen and oxygen atoms in total. The third-order valence-electron chi connectivity index (χ3n) is 5.58. The number of furan rings is 1. The van der Waals surface area contributed by atoms with Crippen LogP contribution in [-0.4, -0.2) is 20.9 Å². The quantitative estimate of drug-likeness (QED) is 0.214. The van der Waals surface area contributed by atoms with Gasteiger partial charge in [-0.05, 0) is 48.9 Å². The molecule has 1 aliphatic heterocycles. The maximum atomic E-state index is 13.3. The van der Waals surface area contributed by atoms with Crippen LogP contribution in [0.4, 0.5) is 10.1 Å². The molecule has 1 aliphatic rings. The minimum absolute atomic E-state index is 0.288. The number of anilines is 1. The van der Waals surface area contributed by atoms with Gasteiger partial charge in [-0.2, -0.15) is 4.98 Å². The van der Waals surface area contributed by atoms with Crippen LogP contribution < -0.4 is 10.1 Å². The van der Waals surface area contributed by atoms with Crippen LogP contribution in [0, 0.1) is 5.82 Å². The van der Waals surface area contributed by atoms with E-state index in [0.29, 0.717) is 28.3 Å². The molecular formula is C26H25FN4O2S. The Morgan fingerprint density at radius 1 is 0.971 bits per heavy atom. The van der Waals surface area contributed by atoms with Crippen molar-refractivity contribution in [2.75, 3.05) is 11.1 Å². The molecule has 2 aromatic heterocycles. The first-order valence-corrected chi connectivity index (χ1v) is 12.5. The fourth-order valence-electron chi connectivity index (χ4n) is 3.79. The van der Waals surface area contributed by atoms with Crippen molar-refractivity contribution in [3.63, 3.8) is 0 Å². The summed E-state index contributed by atoms with van der Waals surface area (Å²) in [5.74, 6) is 2.27. The second-order valence-electron chi connectivity index (χ2n) is 8.05. The van der Waals surface area contributed by atoms with E-state index in [-0.39, 0.29) is 5.82 Å². The Bertz CT molecular complexity index is 1260. The highest BCUT2D eigenvalue weighted by Crippen LogP contribution is 2.40. The van der Waals surface area contributed by atoms with E-state index >= 15 is 0 Å². The molecule has 174 valence electrons. The predicted octanol–water partition coefficient (Wildman–Crippen LogP) is 7.11. The molecule has 8 heteroatoms. The van der Waals surface area contributed by atoms with Crippen LogP contribution in [0.15, 0.2) is 70.2 Å². The summed E-state index contributed by atoms with van der Waals surface area (Å²) < 4.78 is 25.7. The van der Waals surface area contributed by atoms with Crippen molar-refractivity contribution >= 4 is 17.4 Å². The number of nitrogens with zero attached hydrogens (tertiary/aromatic N) is 3. The molecule has 34 heavy (non-hydrogen) atoms. The van der Waals surface area contributed by atoms with Crippen LogP contribution in [0.3, 0.4) is 0 Å². The first kappa shape index (κ1) is 22.4. The average Bonchev–Trinajstić information content (AvgIpc) is 3.29. The van der Waals surface area contributed by atoms with E-state index in [1.165, 1.54) is 31.4 Å². The topological polar surface area (TPSA) is 73.1 Å². The van der Waals surface area contributed by atoms with Crippen LogP contribution >= 0.6 is 11.8 Å². The maximum Gasteiger partial charge on any atom is 0.247 e. The molecule has 0 spiro atoms. The Kier molecular flexibility index (Phi) is 6.76. The van der Waals surface area contributed by atoms with Gasteiger partial charge in [0.2, 0.25) is 17.3 Å². The number of aromatic nitrogens is 3. The van der Waals surface area contributed by atoms with E-state index in [4.69, 9.17) is 9.15 Å². The van der Waals surface area contributed by atoms with Crippen LogP contribution in [0.25, 0.3) is 22.6 Å². The molecule has 5 rings (SSSR count). The Morgan fingerprint density at radius 3 is 2.68 bits per heavy atom. The van der Waals surface area contributed by atoms with Gasteiger partial charge < -0.3 is 14.5 Å². The number of unbranched alkanes of at least 4 members (excludes halogenated alkanes) is 3. The monoisotopic (exact) mass is 476 g/mol. The summed E-state index contributed by atoms with van der Waals surface area (Å²) in [6, 6.07) is 17.7. The van der Waals surface area contributed by atoms with Crippen molar-refractivity contribution < 1.29 is 13.5 Å². The summed E-state index contributed by atoms with van der Waals surface area (Å²) in [4.78, 5) is 4.68. The normalized spacial score (nSPS) is 14.5. The molecule has 2 aromatic carbocycles. The number of benzene rings is 2. The summed E-state index contributed by atoms with van der Waals surface area (Å²) in [5.41, 5.74) is 3.09. The summed E-state index contributed by atoms with van der Waals surface area (Å²) in [6.45, 7) is 2.20. The highest BCUT2D eigenvalue weighted by Gasteiger charge is 2.28. The zero-order valence-electron chi connectivity index (χ0n) is 18.8. The SMILES string of the molecule is CCCCCCSc1nnc2c(n1)O[C@H](c1ccc(-c3ccc(F)cc3)o1)Nc1ccccc1-2. The third kappa shape index (κ3) is 4.92. The lowest BCUT2D eigenvalue weighted by Crippen LogP contribution is -2.16. The van der Waals surface area contributed by atoms with Crippen molar-refractivity contribution in [1.82, 2.24) is 15.2 Å². The first-order valence-electron chi connectivity index (χ1n) is 11.5. The minimum atomic E-state index is -0.615. The molecule has 0 radical (unpaired) electrons. The number of rotatable bonds is 8. The zero-order valence-corrected chi connectivity index (χ0v) is 19.6. The van der Waals surface area contributed by atoms with Gasteiger partial charge in [0, 0.05) is 22.6 Å². The number of hydrogen-bond donors (Lipinski definition) is 1.